The predicted octanol–water partition coefficient (Wildman–Crippen LogP) is 5.43. The number of carbonyl (C=O) groups excluding carboxylic acids is 11. The second kappa shape index (κ2) is 40.5. The first-order valence-corrected chi connectivity index (χ1v) is 23.2. The molecule has 4 aliphatic heterocycles. The molecule has 0 unspecified atom stereocenters. The Hall–Kier alpha value is -8.69. The van der Waals surface area contributed by atoms with Crippen LogP contribution in [-0.4, -0.2) is 141 Å². The Balaban J connectivity index is -0.000000428. The lowest BCUT2D eigenvalue weighted by atomic mass is 10.2. The van der Waals surface area contributed by atoms with Crippen molar-refractivity contribution in [3.05, 3.63) is 94.5 Å². The van der Waals surface area contributed by atoms with Crippen LogP contribution >= 0.6 is 12.6 Å². The Kier molecular flexibility index (Phi) is 39.4. The first-order valence-electron chi connectivity index (χ1n) is 22.3. The van der Waals surface area contributed by atoms with Crippen LogP contribution in [0.25, 0.3) is 0 Å². The van der Waals surface area contributed by atoms with Gasteiger partial charge in [-0.3, -0.25) is 43.4 Å². The smallest absolute Gasteiger partial charge is 0.404 e. The lowest BCUT2D eigenvalue weighted by Crippen LogP contribution is -2.35. The number of hydrogen-bond acceptors (Lipinski definition) is 17. The van der Waals surface area contributed by atoms with E-state index in [9.17, 15) is 92.3 Å². The first kappa shape index (κ1) is 77.8. The molecule has 24 nitrogen and oxygen atoms in total. The summed E-state index contributed by atoms with van der Waals surface area (Å²) in [6.45, 7) is 12.4. The van der Waals surface area contributed by atoms with E-state index < -0.39 is 106 Å². The minimum Gasteiger partial charge on any atom is -0.404 e. The van der Waals surface area contributed by atoms with Gasteiger partial charge in [0.1, 0.15) is 0 Å². The highest BCUT2D eigenvalue weighted by Crippen LogP contribution is 2.30. The van der Waals surface area contributed by atoms with Gasteiger partial charge in [-0.05, 0) is 26.6 Å². The number of nitrogens with one attached hydrogen (secondary N) is 4. The van der Waals surface area contributed by atoms with Gasteiger partial charge in [0.25, 0.3) is 41.4 Å². The van der Waals surface area contributed by atoms with Crippen molar-refractivity contribution in [3.8, 4) is 11.5 Å². The molecule has 0 spiro atoms. The van der Waals surface area contributed by atoms with Crippen molar-refractivity contribution >= 4 is 78.4 Å². The molecule has 6 rings (SSSR count). The Morgan fingerprint density at radius 3 is 0.938 bits per heavy atom. The molecule has 0 aliphatic carbocycles. The Bertz CT molecular complexity index is 2310. The molecule has 6 N–H and O–H groups in total. The Morgan fingerprint density at radius 2 is 0.700 bits per heavy atom. The monoisotopic (exact) mass is 1180 g/mol. The van der Waals surface area contributed by atoms with Crippen LogP contribution in [0.4, 0.5) is 58.7 Å². The number of amides is 11. The summed E-state index contributed by atoms with van der Waals surface area (Å²) in [6.07, 6.45) is 3.75. The largest absolute Gasteiger partial charge is 0.431 e. The van der Waals surface area contributed by atoms with Gasteiger partial charge in [-0.2, -0.15) is 30.2 Å². The number of benzene rings is 2. The molecule has 11 amide bonds. The van der Waals surface area contributed by atoms with Crippen molar-refractivity contribution in [3.63, 3.8) is 0 Å². The fraction of sp³-hybridized carbons (Fsp3) is 0.370. The number of ether oxygens (including phenoxy) is 2. The van der Waals surface area contributed by atoms with Crippen LogP contribution in [0.5, 0.6) is 11.5 Å². The maximum absolute atomic E-state index is 13.1. The number of rotatable bonds is 4. The molecule has 4 heterocycles. The second-order valence-electron chi connectivity index (χ2n) is 13.1. The molecule has 2 aromatic rings. The summed E-state index contributed by atoms with van der Waals surface area (Å²) in [5.41, 5.74) is 4.20. The van der Waals surface area contributed by atoms with Crippen molar-refractivity contribution in [2.45, 2.75) is 60.3 Å². The van der Waals surface area contributed by atoms with Crippen molar-refractivity contribution in [2.75, 3.05) is 55.6 Å². The van der Waals surface area contributed by atoms with E-state index in [1.54, 1.807) is 11.6 Å². The average Bonchev–Trinajstić information content (AvgIpc) is 4.17. The molecular formula is C46H60F9N9O15S. The molecule has 0 aromatic heterocycles. The van der Waals surface area contributed by atoms with E-state index in [4.69, 9.17) is 0 Å². The minimum atomic E-state index is -2.32. The second-order valence-corrected chi connectivity index (χ2v) is 13.1. The molecule has 4 aliphatic rings. The summed E-state index contributed by atoms with van der Waals surface area (Å²) in [7, 11) is 9.34. The topological polar surface area (TPSA) is 312 Å². The molecule has 0 atom stereocenters. The van der Waals surface area contributed by atoms with Crippen LogP contribution in [0.3, 0.4) is 0 Å². The number of carbonyl (C=O) groups is 11. The highest BCUT2D eigenvalue weighted by molar-refractivity contribution is 7.79. The van der Waals surface area contributed by atoms with E-state index in [2.05, 4.69) is 54.7 Å². The summed E-state index contributed by atoms with van der Waals surface area (Å²) in [4.78, 5) is 128. The zero-order valence-electron chi connectivity index (χ0n) is 45.2. The van der Waals surface area contributed by atoms with Gasteiger partial charge in [0.2, 0.25) is 52.2 Å². The number of allylic oxidation sites excluding steroid dienone is 1. The number of hydrogen-bond donors (Lipinski definition) is 6. The number of nitrogens with two attached hydrogens (primary N) is 1. The van der Waals surface area contributed by atoms with Gasteiger partial charge in [-0.25, -0.2) is 41.1 Å². The van der Waals surface area contributed by atoms with Gasteiger partial charge in [-0.1, -0.05) is 34.3 Å². The highest BCUT2D eigenvalue weighted by atomic mass is 32.1. The molecule has 448 valence electrons. The summed E-state index contributed by atoms with van der Waals surface area (Å²) in [6, 6.07) is 0. The van der Waals surface area contributed by atoms with E-state index in [0.29, 0.717) is 23.6 Å². The third-order valence-corrected chi connectivity index (χ3v) is 8.37. The van der Waals surface area contributed by atoms with Crippen LogP contribution in [-0.2, 0) is 43.2 Å². The fourth-order valence-corrected chi connectivity index (χ4v) is 4.38. The Morgan fingerprint density at radius 1 is 0.463 bits per heavy atom. The number of nitrogens with zero attached hydrogens (tertiary/aromatic N) is 4. The van der Waals surface area contributed by atoms with E-state index in [0.717, 1.165) is 35.9 Å². The number of likely N-dealkylation sites (N-methyl/N-ethyl adjacent to an activating group) is 2. The van der Waals surface area contributed by atoms with Gasteiger partial charge in [0.15, 0.2) is 11.6 Å². The third kappa shape index (κ3) is 24.3. The zero-order valence-corrected chi connectivity index (χ0v) is 46.1. The van der Waals surface area contributed by atoms with E-state index in [-0.39, 0.29) is 42.4 Å². The lowest BCUT2D eigenvalue weighted by molar-refractivity contribution is -0.171. The molecule has 2 aromatic carbocycles. The molecule has 80 heavy (non-hydrogen) atoms. The van der Waals surface area contributed by atoms with Crippen LogP contribution in [0.2, 0.25) is 0 Å². The minimum absolute atomic E-state index is 0.107. The summed E-state index contributed by atoms with van der Waals surface area (Å²) < 4.78 is 124. The standard InChI is InChI=1S/C9H7F4NO2.C8H4F5NO2.C7H10N2O3.C6H8N2O4.2C5H5NO2.2C2H6.CH5N.CH4S/c1-3-4(10)6(12)8(7(13)5(3)11)16-9(15)14-2;1-14-8(15)16-7-5(12)3(10)2(9)4(11)6(7)13;1-5-3-4-6(10)9(5)12-7(11)8-2;1-7-6(11)12-8-4(9)2-3-5(8)10;2*1-6-4(7)2-3-5(6)8;4*1-2/h1-2H3,(H,14,15);1H3,(H,14,15);1,3-4H2,2H3,(H,8,11);2-3H2,1H3,(H,7,11);2*2-3H,1H3;2*1-2H3;2H2,1H3;2H,1H3. The highest BCUT2D eigenvalue weighted by Gasteiger charge is 2.33. The predicted molar refractivity (Wildman–Crippen MR) is 266 cm³/mol. The molecule has 0 bridgehead atoms. The van der Waals surface area contributed by atoms with E-state index in [1.165, 1.54) is 59.5 Å². The Labute approximate surface area is 457 Å². The molecular weight excluding hydrogens is 1120 g/mol. The average molecular weight is 1180 g/mol. The van der Waals surface area contributed by atoms with Crippen molar-refractivity contribution < 1.29 is 111 Å². The van der Waals surface area contributed by atoms with E-state index >= 15 is 0 Å². The van der Waals surface area contributed by atoms with Gasteiger partial charge in [0, 0.05) is 91.4 Å². The van der Waals surface area contributed by atoms with E-state index in [1.807, 2.05) is 33.0 Å². The molecule has 34 heteroatoms. The molecule has 2 fully saturated rings. The SMILES string of the molecule is C=C1CCC(=O)N1OC(=O)NC.CC.CC.CN.CN1C(=O)C=CC1=O.CN1C(=O)C=CC1=O.CNC(=O)ON1C(=O)CCC1=O.CNC(=O)Oc1c(F)c(F)c(C)c(F)c1F.CNC(=O)Oc1c(F)c(F)c(F)c(F)c1F.CS. The third-order valence-electron chi connectivity index (χ3n) is 8.37. The van der Waals surface area contributed by atoms with Gasteiger partial charge in [-0.15, -0.1) is 10.1 Å². The summed E-state index contributed by atoms with van der Waals surface area (Å²) in [5, 5.41) is 9.45. The summed E-state index contributed by atoms with van der Waals surface area (Å²) in [5.74, 6) is -23.0. The fourth-order valence-electron chi connectivity index (χ4n) is 4.38. The normalized spacial score (nSPS) is 13.0. The number of thiol groups is 1. The maximum Gasteiger partial charge on any atom is 0.431 e. The van der Waals surface area contributed by atoms with Crippen molar-refractivity contribution in [1.82, 2.24) is 41.2 Å². The quantitative estimate of drug-likeness (QED) is 0.0731. The molecule has 0 saturated carbocycles. The molecule has 2 saturated heterocycles. The number of hydroxylamine groups is 4. The van der Waals surface area contributed by atoms with Crippen molar-refractivity contribution in [1.29, 1.82) is 0 Å². The van der Waals surface area contributed by atoms with Crippen LogP contribution < -0.4 is 36.5 Å². The van der Waals surface area contributed by atoms with Gasteiger partial charge in [0.05, 0.1) is 5.70 Å². The van der Waals surface area contributed by atoms with Gasteiger partial charge >= 0.3 is 24.4 Å². The lowest BCUT2D eigenvalue weighted by Gasteiger charge is -2.14. The van der Waals surface area contributed by atoms with Gasteiger partial charge < -0.3 is 46.1 Å². The van der Waals surface area contributed by atoms with Crippen LogP contribution in [0.15, 0.2) is 36.6 Å². The van der Waals surface area contributed by atoms with Crippen LogP contribution in [0.1, 0.15) is 58.9 Å². The zero-order chi connectivity index (χ0) is 63.5. The number of halogens is 9. The first-order chi connectivity index (χ1) is 37.5. The van der Waals surface area contributed by atoms with Crippen LogP contribution in [0, 0.1) is 59.3 Å². The maximum atomic E-state index is 13.1. The number of imide groups is 3. The molecule has 0 radical (unpaired) electrons. The summed E-state index contributed by atoms with van der Waals surface area (Å²) >= 11 is 3.53. The van der Waals surface area contributed by atoms with Crippen molar-refractivity contribution in [2.24, 2.45) is 5.73 Å².